The summed E-state index contributed by atoms with van der Waals surface area (Å²) in [6.07, 6.45) is 0.746. The van der Waals surface area contributed by atoms with Crippen molar-refractivity contribution in [2.24, 2.45) is 0 Å². The average Bonchev–Trinajstić information content (AvgIpc) is 2.71. The van der Waals surface area contributed by atoms with Crippen molar-refractivity contribution >= 4 is 5.97 Å². The van der Waals surface area contributed by atoms with E-state index in [1.165, 1.54) is 18.2 Å². The van der Waals surface area contributed by atoms with Gasteiger partial charge in [-0.3, -0.25) is 0 Å². The highest BCUT2D eigenvalue weighted by atomic mass is 19.1. The van der Waals surface area contributed by atoms with Crippen LogP contribution in [-0.4, -0.2) is 16.7 Å². The Balaban J connectivity index is 2.07. The second kappa shape index (κ2) is 4.58. The number of hydrogen-bond donors (Lipinski definition) is 1. The Morgan fingerprint density at radius 1 is 1.24 bits per heavy atom. The predicted molar refractivity (Wildman–Crippen MR) is 77.2 cm³/mol. The highest BCUT2D eigenvalue weighted by Crippen LogP contribution is 2.37. The Labute approximate surface area is 122 Å². The highest BCUT2D eigenvalue weighted by Gasteiger charge is 2.30. The molecule has 0 unspecified atom stereocenters. The lowest BCUT2D eigenvalue weighted by Crippen LogP contribution is -2.24. The van der Waals surface area contributed by atoms with E-state index in [-0.39, 0.29) is 11.2 Å². The van der Waals surface area contributed by atoms with Crippen molar-refractivity contribution in [2.75, 3.05) is 0 Å². The Bertz CT molecular complexity index is 735. The minimum atomic E-state index is -1.07. The van der Waals surface area contributed by atoms with E-state index < -0.39 is 11.8 Å². The van der Waals surface area contributed by atoms with E-state index in [4.69, 9.17) is 9.84 Å². The molecule has 1 N–H and O–H groups in total. The summed E-state index contributed by atoms with van der Waals surface area (Å²) in [5.41, 5.74) is 1.78. The molecule has 21 heavy (non-hydrogen) atoms. The first-order valence-corrected chi connectivity index (χ1v) is 6.71. The lowest BCUT2D eigenvalue weighted by atomic mass is 9.96. The second-order valence-electron chi connectivity index (χ2n) is 5.86. The van der Waals surface area contributed by atoms with Gasteiger partial charge in [-0.25, -0.2) is 9.18 Å². The third-order valence-electron chi connectivity index (χ3n) is 3.59. The number of carboxylic acids is 1. The fourth-order valence-corrected chi connectivity index (χ4v) is 2.66. The van der Waals surface area contributed by atoms with Gasteiger partial charge in [-0.1, -0.05) is 6.07 Å². The van der Waals surface area contributed by atoms with Crippen LogP contribution < -0.4 is 4.74 Å². The molecule has 0 fully saturated rings. The van der Waals surface area contributed by atoms with Gasteiger partial charge >= 0.3 is 5.97 Å². The lowest BCUT2D eigenvalue weighted by Gasteiger charge is -2.16. The van der Waals surface area contributed by atoms with Gasteiger partial charge in [0.1, 0.15) is 17.2 Å². The first-order chi connectivity index (χ1) is 9.85. The van der Waals surface area contributed by atoms with Gasteiger partial charge in [0.25, 0.3) is 0 Å². The molecule has 0 saturated carbocycles. The number of hydrogen-bond acceptors (Lipinski definition) is 2. The van der Waals surface area contributed by atoms with E-state index >= 15 is 0 Å². The molecule has 0 saturated heterocycles. The van der Waals surface area contributed by atoms with Crippen LogP contribution in [0, 0.1) is 5.82 Å². The smallest absolute Gasteiger partial charge is 0.335 e. The highest BCUT2D eigenvalue weighted by molar-refractivity contribution is 5.89. The van der Waals surface area contributed by atoms with E-state index in [9.17, 15) is 9.18 Å². The van der Waals surface area contributed by atoms with Crippen LogP contribution in [0.3, 0.4) is 0 Å². The van der Waals surface area contributed by atoms with E-state index in [0.29, 0.717) is 11.1 Å². The van der Waals surface area contributed by atoms with Crippen LogP contribution in [0.4, 0.5) is 4.39 Å². The normalized spacial score (nSPS) is 15.4. The first-order valence-electron chi connectivity index (χ1n) is 6.71. The van der Waals surface area contributed by atoms with Crippen molar-refractivity contribution in [3.63, 3.8) is 0 Å². The topological polar surface area (TPSA) is 46.5 Å². The van der Waals surface area contributed by atoms with Gasteiger partial charge in [0, 0.05) is 12.0 Å². The molecule has 1 heterocycles. The van der Waals surface area contributed by atoms with Crippen LogP contribution >= 0.6 is 0 Å². The molecule has 0 aliphatic carbocycles. The van der Waals surface area contributed by atoms with Gasteiger partial charge in [0.15, 0.2) is 0 Å². The van der Waals surface area contributed by atoms with Gasteiger partial charge in [0.05, 0.1) is 5.56 Å². The quantitative estimate of drug-likeness (QED) is 0.910. The van der Waals surface area contributed by atoms with Gasteiger partial charge in [-0.05, 0) is 55.3 Å². The summed E-state index contributed by atoms with van der Waals surface area (Å²) in [7, 11) is 0. The number of benzene rings is 2. The molecular weight excluding hydrogens is 271 g/mol. The number of rotatable bonds is 2. The predicted octanol–water partition coefficient (Wildman–Crippen LogP) is 3.90. The second-order valence-corrected chi connectivity index (χ2v) is 5.86. The van der Waals surface area contributed by atoms with Crippen LogP contribution in [-0.2, 0) is 6.42 Å². The van der Waals surface area contributed by atoms with Crippen molar-refractivity contribution in [3.05, 3.63) is 53.3 Å². The van der Waals surface area contributed by atoms with Gasteiger partial charge in [0.2, 0.25) is 0 Å². The zero-order valence-electron chi connectivity index (χ0n) is 11.8. The van der Waals surface area contributed by atoms with Gasteiger partial charge < -0.3 is 9.84 Å². The molecule has 0 amide bonds. The van der Waals surface area contributed by atoms with Crippen molar-refractivity contribution < 1.29 is 19.0 Å². The summed E-state index contributed by atoms with van der Waals surface area (Å²) in [6.45, 7) is 4.00. The summed E-state index contributed by atoms with van der Waals surface area (Å²) in [6, 6.07) is 9.25. The maximum absolute atomic E-state index is 14.0. The van der Waals surface area contributed by atoms with Crippen molar-refractivity contribution in [1.29, 1.82) is 0 Å². The fourth-order valence-electron chi connectivity index (χ4n) is 2.66. The minimum Gasteiger partial charge on any atom is -0.487 e. The standard InChI is InChI=1S/C17H15FO3/c1-17(2)9-12-7-10(4-6-15(12)21-17)13-8-11(16(19)20)3-5-14(13)18/h3-8H,9H2,1-2H3,(H,19,20). The molecule has 0 atom stereocenters. The molecule has 4 heteroatoms. The zero-order chi connectivity index (χ0) is 15.2. The molecule has 2 aromatic carbocycles. The van der Waals surface area contributed by atoms with Crippen molar-refractivity contribution in [1.82, 2.24) is 0 Å². The van der Waals surface area contributed by atoms with Crippen LogP contribution in [0.1, 0.15) is 29.8 Å². The summed E-state index contributed by atoms with van der Waals surface area (Å²) < 4.78 is 19.8. The summed E-state index contributed by atoms with van der Waals surface area (Å²) in [5.74, 6) is -0.696. The average molecular weight is 286 g/mol. The van der Waals surface area contributed by atoms with E-state index in [1.54, 1.807) is 6.07 Å². The molecular formula is C17H15FO3. The molecule has 3 rings (SSSR count). The maximum atomic E-state index is 14.0. The Morgan fingerprint density at radius 2 is 2.00 bits per heavy atom. The Hall–Kier alpha value is -2.36. The van der Waals surface area contributed by atoms with E-state index in [1.807, 2.05) is 26.0 Å². The van der Waals surface area contributed by atoms with Crippen LogP contribution in [0.25, 0.3) is 11.1 Å². The van der Waals surface area contributed by atoms with Crippen molar-refractivity contribution in [3.8, 4) is 16.9 Å². The molecule has 2 aromatic rings. The third kappa shape index (κ3) is 2.49. The van der Waals surface area contributed by atoms with E-state index in [2.05, 4.69) is 0 Å². The van der Waals surface area contributed by atoms with Gasteiger partial charge in [-0.2, -0.15) is 0 Å². The SMILES string of the molecule is CC1(C)Cc2cc(-c3cc(C(=O)O)ccc3F)ccc2O1. The number of ether oxygens (including phenoxy) is 1. The molecule has 0 bridgehead atoms. The summed E-state index contributed by atoms with van der Waals surface area (Å²) in [4.78, 5) is 11.0. The van der Waals surface area contributed by atoms with Crippen LogP contribution in [0.2, 0.25) is 0 Å². The molecule has 108 valence electrons. The van der Waals surface area contributed by atoms with Crippen LogP contribution in [0.5, 0.6) is 5.75 Å². The van der Waals surface area contributed by atoms with Gasteiger partial charge in [-0.15, -0.1) is 0 Å². The minimum absolute atomic E-state index is 0.0727. The molecule has 1 aliphatic rings. The first kappa shape index (κ1) is 13.6. The monoisotopic (exact) mass is 286 g/mol. The largest absolute Gasteiger partial charge is 0.487 e. The number of aromatic carboxylic acids is 1. The molecule has 0 radical (unpaired) electrons. The summed E-state index contributed by atoms with van der Waals surface area (Å²) >= 11 is 0. The lowest BCUT2D eigenvalue weighted by molar-refractivity contribution is 0.0697. The maximum Gasteiger partial charge on any atom is 0.335 e. The Kier molecular flexibility index (Phi) is 2.97. The van der Waals surface area contributed by atoms with Crippen LogP contribution in [0.15, 0.2) is 36.4 Å². The number of fused-ring (bicyclic) bond motifs is 1. The molecule has 0 spiro atoms. The Morgan fingerprint density at radius 3 is 2.71 bits per heavy atom. The fraction of sp³-hybridized carbons (Fsp3) is 0.235. The number of halogens is 1. The molecule has 3 nitrogen and oxygen atoms in total. The van der Waals surface area contributed by atoms with E-state index in [0.717, 1.165) is 17.7 Å². The zero-order valence-corrected chi connectivity index (χ0v) is 11.8. The summed E-state index contributed by atoms with van der Waals surface area (Å²) in [5, 5.41) is 9.03. The third-order valence-corrected chi connectivity index (χ3v) is 3.59. The molecule has 1 aliphatic heterocycles. The number of carbonyl (C=O) groups is 1. The molecule has 0 aromatic heterocycles. The number of carboxylic acid groups (broad SMARTS) is 1. The van der Waals surface area contributed by atoms with Crippen molar-refractivity contribution in [2.45, 2.75) is 25.9 Å².